The number of aryl methyl sites for hydroxylation is 1. The lowest BCUT2D eigenvalue weighted by molar-refractivity contribution is -0.183. The molecule has 20 heavy (non-hydrogen) atoms. The Morgan fingerprint density at radius 1 is 1.40 bits per heavy atom. The highest BCUT2D eigenvalue weighted by atomic mass is 19.1. The number of rotatable bonds is 7. The molecule has 1 atom stereocenters. The van der Waals surface area contributed by atoms with E-state index in [1.54, 1.807) is 12.1 Å². The predicted molar refractivity (Wildman–Crippen MR) is 76.3 cm³/mol. The zero-order valence-electron chi connectivity index (χ0n) is 12.4. The Labute approximate surface area is 119 Å². The van der Waals surface area contributed by atoms with Gasteiger partial charge in [0, 0.05) is 19.0 Å². The lowest BCUT2D eigenvalue weighted by Crippen LogP contribution is -2.33. The van der Waals surface area contributed by atoms with Gasteiger partial charge in [-0.15, -0.1) is 0 Å². The van der Waals surface area contributed by atoms with Crippen molar-refractivity contribution in [2.45, 2.75) is 39.7 Å². The summed E-state index contributed by atoms with van der Waals surface area (Å²) in [4.78, 5) is 17.2. The van der Waals surface area contributed by atoms with Gasteiger partial charge in [0.25, 0.3) is 0 Å². The molecule has 0 saturated heterocycles. The van der Waals surface area contributed by atoms with Crippen molar-refractivity contribution in [1.82, 2.24) is 5.06 Å². The molecule has 1 amide bonds. The van der Waals surface area contributed by atoms with Gasteiger partial charge in [0.2, 0.25) is 5.91 Å². The van der Waals surface area contributed by atoms with Crippen LogP contribution in [0.3, 0.4) is 0 Å². The van der Waals surface area contributed by atoms with Gasteiger partial charge in [0.1, 0.15) is 5.82 Å². The molecular weight excluding hydrogens is 259 g/mol. The van der Waals surface area contributed by atoms with Crippen LogP contribution < -0.4 is 5.73 Å². The van der Waals surface area contributed by atoms with Crippen LogP contribution in [0.4, 0.5) is 4.39 Å². The van der Waals surface area contributed by atoms with Crippen LogP contribution in [0.2, 0.25) is 0 Å². The SMILES string of the molecule is CCON(CC)C(=O)CC(N)c1ccc(F)c(CC)c1. The van der Waals surface area contributed by atoms with E-state index in [-0.39, 0.29) is 18.1 Å². The van der Waals surface area contributed by atoms with Gasteiger partial charge in [-0.3, -0.25) is 9.63 Å². The van der Waals surface area contributed by atoms with Crippen LogP contribution in [0.1, 0.15) is 44.4 Å². The molecule has 0 spiro atoms. The maximum absolute atomic E-state index is 13.4. The van der Waals surface area contributed by atoms with Crippen LogP contribution in [0, 0.1) is 5.82 Å². The first kappa shape index (κ1) is 16.6. The minimum Gasteiger partial charge on any atom is -0.324 e. The number of hydrogen-bond acceptors (Lipinski definition) is 3. The van der Waals surface area contributed by atoms with Crippen molar-refractivity contribution in [1.29, 1.82) is 0 Å². The van der Waals surface area contributed by atoms with Gasteiger partial charge in [0.15, 0.2) is 0 Å². The summed E-state index contributed by atoms with van der Waals surface area (Å²) >= 11 is 0. The standard InChI is InChI=1S/C15H23FN2O2/c1-4-11-9-12(7-8-13(11)16)14(17)10-15(19)18(5-2)20-6-3/h7-9,14H,4-6,10,17H2,1-3H3. The van der Waals surface area contributed by atoms with Gasteiger partial charge in [0.05, 0.1) is 6.61 Å². The highest BCUT2D eigenvalue weighted by molar-refractivity contribution is 5.76. The Morgan fingerprint density at radius 3 is 2.65 bits per heavy atom. The molecule has 1 rings (SSSR count). The highest BCUT2D eigenvalue weighted by Gasteiger charge is 2.18. The molecule has 0 aliphatic heterocycles. The summed E-state index contributed by atoms with van der Waals surface area (Å²) in [5.74, 6) is -0.400. The molecule has 1 aromatic rings. The number of carbonyl (C=O) groups is 1. The molecule has 0 heterocycles. The Balaban J connectivity index is 2.75. The molecule has 0 saturated carbocycles. The van der Waals surface area contributed by atoms with Crippen molar-refractivity contribution in [2.24, 2.45) is 5.73 Å². The van der Waals surface area contributed by atoms with Gasteiger partial charge < -0.3 is 5.73 Å². The van der Waals surface area contributed by atoms with Gasteiger partial charge >= 0.3 is 0 Å². The van der Waals surface area contributed by atoms with E-state index in [1.807, 2.05) is 20.8 Å². The van der Waals surface area contributed by atoms with Gasteiger partial charge in [-0.25, -0.2) is 9.45 Å². The second-order valence-corrected chi connectivity index (χ2v) is 4.52. The Morgan fingerprint density at radius 2 is 2.10 bits per heavy atom. The topological polar surface area (TPSA) is 55.6 Å². The summed E-state index contributed by atoms with van der Waals surface area (Å²) in [6.07, 6.45) is 0.739. The number of halogens is 1. The van der Waals surface area contributed by atoms with E-state index >= 15 is 0 Å². The van der Waals surface area contributed by atoms with E-state index in [9.17, 15) is 9.18 Å². The number of amides is 1. The third-order valence-corrected chi connectivity index (χ3v) is 3.12. The van der Waals surface area contributed by atoms with E-state index in [0.29, 0.717) is 25.1 Å². The average molecular weight is 282 g/mol. The first-order valence-electron chi connectivity index (χ1n) is 7.00. The Kier molecular flexibility index (Phi) is 6.61. The Hall–Kier alpha value is -1.46. The van der Waals surface area contributed by atoms with E-state index in [4.69, 9.17) is 10.6 Å². The summed E-state index contributed by atoms with van der Waals surface area (Å²) in [7, 11) is 0. The van der Waals surface area contributed by atoms with Crippen molar-refractivity contribution in [2.75, 3.05) is 13.2 Å². The number of carbonyl (C=O) groups excluding carboxylic acids is 1. The second kappa shape index (κ2) is 7.97. The summed E-state index contributed by atoms with van der Waals surface area (Å²) < 4.78 is 13.4. The normalized spacial score (nSPS) is 12.2. The highest BCUT2D eigenvalue weighted by Crippen LogP contribution is 2.19. The number of nitrogens with zero attached hydrogens (tertiary/aromatic N) is 1. The molecule has 0 fully saturated rings. The average Bonchev–Trinajstić information content (AvgIpc) is 2.44. The van der Waals surface area contributed by atoms with E-state index in [0.717, 1.165) is 5.56 Å². The molecule has 0 aromatic heterocycles. The maximum Gasteiger partial charge on any atom is 0.248 e. The quantitative estimate of drug-likeness (QED) is 0.782. The van der Waals surface area contributed by atoms with Crippen LogP contribution in [0.25, 0.3) is 0 Å². The third-order valence-electron chi connectivity index (χ3n) is 3.12. The fourth-order valence-electron chi connectivity index (χ4n) is 2.00. The fourth-order valence-corrected chi connectivity index (χ4v) is 2.00. The molecule has 4 nitrogen and oxygen atoms in total. The van der Waals surface area contributed by atoms with Crippen LogP contribution in [-0.4, -0.2) is 24.1 Å². The van der Waals surface area contributed by atoms with E-state index in [1.165, 1.54) is 11.1 Å². The number of hydrogen-bond donors (Lipinski definition) is 1. The molecule has 0 aliphatic carbocycles. The van der Waals surface area contributed by atoms with Crippen LogP contribution in [0.15, 0.2) is 18.2 Å². The molecule has 1 unspecified atom stereocenters. The lowest BCUT2D eigenvalue weighted by Gasteiger charge is -2.21. The van der Waals surface area contributed by atoms with Crippen molar-refractivity contribution < 1.29 is 14.0 Å². The lowest BCUT2D eigenvalue weighted by atomic mass is 10.0. The maximum atomic E-state index is 13.4. The fraction of sp³-hybridized carbons (Fsp3) is 0.533. The van der Waals surface area contributed by atoms with Crippen molar-refractivity contribution in [3.63, 3.8) is 0 Å². The largest absolute Gasteiger partial charge is 0.324 e. The molecule has 0 aliphatic rings. The van der Waals surface area contributed by atoms with Crippen LogP contribution in [0.5, 0.6) is 0 Å². The number of hydroxylamine groups is 2. The molecule has 1 aromatic carbocycles. The molecular formula is C15H23FN2O2. The monoisotopic (exact) mass is 282 g/mol. The van der Waals surface area contributed by atoms with Gasteiger partial charge in [-0.05, 0) is 37.5 Å². The van der Waals surface area contributed by atoms with E-state index in [2.05, 4.69) is 0 Å². The van der Waals surface area contributed by atoms with E-state index < -0.39 is 6.04 Å². The molecule has 0 bridgehead atoms. The smallest absolute Gasteiger partial charge is 0.248 e. The van der Waals surface area contributed by atoms with Gasteiger partial charge in [-0.2, -0.15) is 0 Å². The molecule has 5 heteroatoms. The van der Waals surface area contributed by atoms with Crippen LogP contribution in [-0.2, 0) is 16.1 Å². The van der Waals surface area contributed by atoms with Crippen molar-refractivity contribution >= 4 is 5.91 Å². The number of benzene rings is 1. The summed E-state index contributed by atoms with van der Waals surface area (Å²) in [6.45, 7) is 6.46. The molecule has 2 N–H and O–H groups in total. The first-order chi connectivity index (χ1) is 9.53. The zero-order chi connectivity index (χ0) is 15.1. The zero-order valence-corrected chi connectivity index (χ0v) is 12.4. The van der Waals surface area contributed by atoms with Crippen molar-refractivity contribution in [3.05, 3.63) is 35.1 Å². The Bertz CT molecular complexity index is 451. The molecule has 0 radical (unpaired) electrons. The first-order valence-corrected chi connectivity index (χ1v) is 7.00. The summed E-state index contributed by atoms with van der Waals surface area (Å²) in [5.41, 5.74) is 7.41. The summed E-state index contributed by atoms with van der Waals surface area (Å²) in [6, 6.07) is 4.30. The predicted octanol–water partition coefficient (Wildman–Crippen LogP) is 2.58. The second-order valence-electron chi connectivity index (χ2n) is 4.52. The summed E-state index contributed by atoms with van der Waals surface area (Å²) in [5, 5.41) is 1.31. The third kappa shape index (κ3) is 4.28. The van der Waals surface area contributed by atoms with Crippen molar-refractivity contribution in [3.8, 4) is 0 Å². The number of nitrogens with two attached hydrogens (primary N) is 1. The molecule has 112 valence electrons. The minimum atomic E-state index is -0.456. The van der Waals surface area contributed by atoms with Crippen LogP contribution >= 0.6 is 0 Å². The van der Waals surface area contributed by atoms with Gasteiger partial charge in [-0.1, -0.05) is 19.1 Å². The minimum absolute atomic E-state index is 0.141.